The molecule has 0 saturated carbocycles. The van der Waals surface area contributed by atoms with Crippen molar-refractivity contribution >= 4 is 11.9 Å². The lowest BCUT2D eigenvalue weighted by molar-refractivity contribution is -0.147. The third-order valence-corrected chi connectivity index (χ3v) is 2.81. The van der Waals surface area contributed by atoms with E-state index in [1.54, 1.807) is 6.92 Å². The fraction of sp³-hybridized carbons (Fsp3) is 0.429. The molecule has 0 spiro atoms. The second-order valence-electron chi connectivity index (χ2n) is 4.48. The van der Waals surface area contributed by atoms with Gasteiger partial charge in [0, 0.05) is 6.42 Å². The van der Waals surface area contributed by atoms with Crippen LogP contribution in [-0.2, 0) is 26.9 Å². The minimum Gasteiger partial charge on any atom is -0.464 e. The van der Waals surface area contributed by atoms with E-state index in [0.29, 0.717) is 5.56 Å². The van der Waals surface area contributed by atoms with E-state index in [1.807, 2.05) is 0 Å². The number of rotatable bonds is 6. The number of carbonyl (C=O) groups excluding carboxylic acids is 2. The molecule has 0 fully saturated rings. The maximum absolute atomic E-state index is 12.5. The van der Waals surface area contributed by atoms with Crippen molar-refractivity contribution in [1.29, 1.82) is 0 Å². The van der Waals surface area contributed by atoms with Gasteiger partial charge in [-0.3, -0.25) is 4.79 Å². The topological polar surface area (TPSA) is 81.4 Å². The van der Waals surface area contributed by atoms with Gasteiger partial charge in [0.1, 0.15) is 6.04 Å². The zero-order valence-electron chi connectivity index (χ0n) is 11.9. The Hall–Kier alpha value is -2.09. The number of halogens is 3. The number of nitrogens with one attached hydrogen (secondary N) is 1. The van der Waals surface area contributed by atoms with Gasteiger partial charge in [0.15, 0.2) is 0 Å². The third-order valence-electron chi connectivity index (χ3n) is 2.81. The van der Waals surface area contributed by atoms with Crippen LogP contribution in [0.1, 0.15) is 18.1 Å². The maximum atomic E-state index is 12.5. The van der Waals surface area contributed by atoms with Crippen LogP contribution in [0.3, 0.4) is 0 Å². The predicted molar refractivity (Wildman–Crippen MR) is 72.8 cm³/mol. The molecule has 8 heteroatoms. The molecule has 1 atom stereocenters. The summed E-state index contributed by atoms with van der Waals surface area (Å²) < 4.78 is 42.3. The van der Waals surface area contributed by atoms with E-state index < -0.39 is 29.7 Å². The molecule has 0 aromatic heterocycles. The minimum atomic E-state index is -4.42. The van der Waals surface area contributed by atoms with E-state index >= 15 is 0 Å². The molecule has 1 aromatic carbocycles. The van der Waals surface area contributed by atoms with Crippen LogP contribution in [0, 0.1) is 0 Å². The van der Waals surface area contributed by atoms with E-state index in [2.05, 4.69) is 5.32 Å². The van der Waals surface area contributed by atoms with Crippen LogP contribution in [0.15, 0.2) is 24.3 Å². The Morgan fingerprint density at radius 2 is 1.86 bits per heavy atom. The van der Waals surface area contributed by atoms with E-state index in [9.17, 15) is 22.8 Å². The van der Waals surface area contributed by atoms with Gasteiger partial charge in [-0.15, -0.1) is 0 Å². The van der Waals surface area contributed by atoms with Crippen molar-refractivity contribution < 1.29 is 27.5 Å². The van der Waals surface area contributed by atoms with Gasteiger partial charge in [-0.1, -0.05) is 12.1 Å². The number of alkyl halides is 3. The Kier molecular flexibility index (Phi) is 6.36. The van der Waals surface area contributed by atoms with Crippen molar-refractivity contribution in [3.8, 4) is 0 Å². The summed E-state index contributed by atoms with van der Waals surface area (Å²) in [5.74, 6) is -1.21. The highest BCUT2D eigenvalue weighted by Gasteiger charge is 2.30. The molecule has 5 nitrogen and oxygen atoms in total. The molecule has 0 radical (unpaired) electrons. The summed E-state index contributed by atoms with van der Waals surface area (Å²) in [5.41, 5.74) is 4.85. The molecule has 3 N–H and O–H groups in total. The van der Waals surface area contributed by atoms with Crippen LogP contribution < -0.4 is 11.1 Å². The van der Waals surface area contributed by atoms with E-state index in [-0.39, 0.29) is 19.6 Å². The summed E-state index contributed by atoms with van der Waals surface area (Å²) in [4.78, 5) is 23.1. The lowest BCUT2D eigenvalue weighted by Crippen LogP contribution is -2.45. The zero-order valence-corrected chi connectivity index (χ0v) is 11.9. The SMILES string of the molecule is CCOC(=O)C(Cc1ccc(C(F)(F)F)cc1)NC(=O)CN. The third kappa shape index (κ3) is 5.36. The molecule has 22 heavy (non-hydrogen) atoms. The molecule has 0 aliphatic heterocycles. The first-order chi connectivity index (χ1) is 10.3. The van der Waals surface area contributed by atoms with Gasteiger partial charge in [0.05, 0.1) is 18.7 Å². The second kappa shape index (κ2) is 7.79. The largest absolute Gasteiger partial charge is 0.464 e. The Morgan fingerprint density at radius 3 is 2.32 bits per heavy atom. The van der Waals surface area contributed by atoms with E-state index in [0.717, 1.165) is 12.1 Å². The fourth-order valence-electron chi connectivity index (χ4n) is 1.75. The van der Waals surface area contributed by atoms with Crippen molar-refractivity contribution in [3.63, 3.8) is 0 Å². The first-order valence-electron chi connectivity index (χ1n) is 6.60. The number of nitrogens with two attached hydrogens (primary N) is 1. The summed E-state index contributed by atoms with van der Waals surface area (Å²) >= 11 is 0. The number of hydrogen-bond acceptors (Lipinski definition) is 4. The number of amides is 1. The van der Waals surface area contributed by atoms with Crippen molar-refractivity contribution in [2.24, 2.45) is 5.73 Å². The normalized spacial score (nSPS) is 12.6. The fourth-order valence-corrected chi connectivity index (χ4v) is 1.75. The number of hydrogen-bond donors (Lipinski definition) is 2. The van der Waals surface area contributed by atoms with Gasteiger partial charge < -0.3 is 15.8 Å². The van der Waals surface area contributed by atoms with Gasteiger partial charge in [0.25, 0.3) is 0 Å². The average molecular weight is 318 g/mol. The van der Waals surface area contributed by atoms with Gasteiger partial charge in [0.2, 0.25) is 5.91 Å². The second-order valence-corrected chi connectivity index (χ2v) is 4.48. The summed E-state index contributed by atoms with van der Waals surface area (Å²) in [6.45, 7) is 1.43. The Labute approximate surface area is 125 Å². The van der Waals surface area contributed by atoms with Crippen molar-refractivity contribution in [3.05, 3.63) is 35.4 Å². The molecule has 0 aliphatic carbocycles. The summed E-state index contributed by atoms with van der Waals surface area (Å²) in [5, 5.41) is 2.38. The van der Waals surface area contributed by atoms with Gasteiger partial charge in [-0.25, -0.2) is 4.79 Å². The van der Waals surface area contributed by atoms with Crippen LogP contribution >= 0.6 is 0 Å². The molecule has 0 aliphatic rings. The lowest BCUT2D eigenvalue weighted by Gasteiger charge is -2.17. The summed E-state index contributed by atoms with van der Waals surface area (Å²) in [7, 11) is 0. The van der Waals surface area contributed by atoms with Gasteiger partial charge >= 0.3 is 12.1 Å². The van der Waals surface area contributed by atoms with Crippen LogP contribution in [0.4, 0.5) is 13.2 Å². The highest BCUT2D eigenvalue weighted by atomic mass is 19.4. The maximum Gasteiger partial charge on any atom is 0.416 e. The number of ether oxygens (including phenoxy) is 1. The van der Waals surface area contributed by atoms with Crippen molar-refractivity contribution in [2.75, 3.05) is 13.2 Å². The number of benzene rings is 1. The smallest absolute Gasteiger partial charge is 0.416 e. The average Bonchev–Trinajstić information content (AvgIpc) is 2.46. The van der Waals surface area contributed by atoms with Crippen LogP contribution in [0.5, 0.6) is 0 Å². The Bertz CT molecular complexity index is 515. The van der Waals surface area contributed by atoms with Crippen molar-refractivity contribution in [2.45, 2.75) is 25.6 Å². The van der Waals surface area contributed by atoms with E-state index in [1.165, 1.54) is 12.1 Å². The van der Waals surface area contributed by atoms with Crippen LogP contribution in [0.2, 0.25) is 0 Å². The number of esters is 1. The molecule has 0 heterocycles. The van der Waals surface area contributed by atoms with Crippen LogP contribution in [-0.4, -0.2) is 31.1 Å². The molecule has 1 rings (SSSR count). The monoisotopic (exact) mass is 318 g/mol. The Morgan fingerprint density at radius 1 is 1.27 bits per heavy atom. The molecular formula is C14H17F3N2O3. The van der Waals surface area contributed by atoms with Gasteiger partial charge in [-0.2, -0.15) is 13.2 Å². The van der Waals surface area contributed by atoms with E-state index in [4.69, 9.17) is 10.5 Å². The number of carbonyl (C=O) groups is 2. The molecular weight excluding hydrogens is 301 g/mol. The van der Waals surface area contributed by atoms with Gasteiger partial charge in [-0.05, 0) is 24.6 Å². The quantitative estimate of drug-likeness (QED) is 0.774. The molecule has 1 unspecified atom stereocenters. The van der Waals surface area contributed by atoms with Crippen molar-refractivity contribution in [1.82, 2.24) is 5.32 Å². The molecule has 1 amide bonds. The molecule has 1 aromatic rings. The molecule has 0 saturated heterocycles. The summed E-state index contributed by atoms with van der Waals surface area (Å²) in [6, 6.07) is 3.35. The minimum absolute atomic E-state index is 0.0166. The highest BCUT2D eigenvalue weighted by molar-refractivity contribution is 5.85. The molecule has 122 valence electrons. The first-order valence-corrected chi connectivity index (χ1v) is 6.60. The van der Waals surface area contributed by atoms with Crippen LogP contribution in [0.25, 0.3) is 0 Å². The Balaban J connectivity index is 2.84. The predicted octanol–water partition coefficient (Wildman–Crippen LogP) is 1.25. The standard InChI is InChI=1S/C14H17F3N2O3/c1-2-22-13(21)11(19-12(20)8-18)7-9-3-5-10(6-4-9)14(15,16)17/h3-6,11H,2,7-8,18H2,1H3,(H,19,20). The summed E-state index contributed by atoms with van der Waals surface area (Å²) in [6.07, 6.45) is -4.41. The first kappa shape index (κ1) is 18.0. The highest BCUT2D eigenvalue weighted by Crippen LogP contribution is 2.29. The molecule has 0 bridgehead atoms. The zero-order chi connectivity index (χ0) is 16.8. The lowest BCUT2D eigenvalue weighted by atomic mass is 10.0.